The zero-order valence-corrected chi connectivity index (χ0v) is 13.0. The highest BCUT2D eigenvalue weighted by atomic mass is 16.2. The van der Waals surface area contributed by atoms with E-state index in [1.54, 1.807) is 6.21 Å². The Balaban J connectivity index is 2.44. The van der Waals surface area contributed by atoms with Gasteiger partial charge < -0.3 is 4.57 Å². The van der Waals surface area contributed by atoms with Crippen molar-refractivity contribution >= 4 is 12.1 Å². The molecule has 1 amide bonds. The summed E-state index contributed by atoms with van der Waals surface area (Å²) in [5, 5.41) is 3.95. The van der Waals surface area contributed by atoms with Gasteiger partial charge in [0.05, 0.1) is 6.21 Å². The number of carbonyl (C=O) groups excluding carboxylic acids is 1. The van der Waals surface area contributed by atoms with Crippen molar-refractivity contribution in [2.24, 2.45) is 5.10 Å². The summed E-state index contributed by atoms with van der Waals surface area (Å²) >= 11 is 0. The van der Waals surface area contributed by atoms with Gasteiger partial charge in [-0.2, -0.15) is 5.10 Å². The third-order valence-electron chi connectivity index (χ3n) is 3.51. The van der Waals surface area contributed by atoms with Gasteiger partial charge in [-0.05, 0) is 38.0 Å². The summed E-state index contributed by atoms with van der Waals surface area (Å²) in [6.45, 7) is 7.74. The van der Waals surface area contributed by atoms with Crippen LogP contribution in [0, 0.1) is 13.8 Å². The third kappa shape index (κ3) is 3.21. The van der Waals surface area contributed by atoms with Crippen molar-refractivity contribution in [1.29, 1.82) is 0 Å². The Hall–Kier alpha value is -2.36. The van der Waals surface area contributed by atoms with Gasteiger partial charge in [0.15, 0.2) is 0 Å². The number of aromatic nitrogens is 1. The maximum absolute atomic E-state index is 10.9. The van der Waals surface area contributed by atoms with Crippen LogP contribution in [0.1, 0.15) is 36.4 Å². The molecule has 110 valence electrons. The molecule has 0 atom stereocenters. The molecule has 0 saturated heterocycles. The Morgan fingerprint density at radius 1 is 1.33 bits per heavy atom. The van der Waals surface area contributed by atoms with Crippen LogP contribution < -0.4 is 5.43 Å². The summed E-state index contributed by atoms with van der Waals surface area (Å²) in [5.74, 6) is -0.170. The predicted octanol–water partition coefficient (Wildman–Crippen LogP) is 3.13. The summed E-state index contributed by atoms with van der Waals surface area (Å²) < 4.78 is 2.23. The molecule has 0 bridgehead atoms. The maximum atomic E-state index is 10.9. The molecule has 1 N–H and O–H groups in total. The molecule has 1 aromatic carbocycles. The number of nitrogens with zero attached hydrogens (tertiary/aromatic N) is 2. The zero-order valence-electron chi connectivity index (χ0n) is 13.0. The van der Waals surface area contributed by atoms with Crippen molar-refractivity contribution in [3.05, 3.63) is 52.8 Å². The second-order valence-corrected chi connectivity index (χ2v) is 5.07. The first-order valence-electron chi connectivity index (χ1n) is 7.11. The highest BCUT2D eigenvalue weighted by molar-refractivity contribution is 5.83. The molecule has 0 unspecified atom stereocenters. The van der Waals surface area contributed by atoms with Crippen LogP contribution in [0.3, 0.4) is 0 Å². The molecule has 4 nitrogen and oxygen atoms in total. The highest BCUT2D eigenvalue weighted by Crippen LogP contribution is 2.23. The van der Waals surface area contributed by atoms with Gasteiger partial charge in [-0.25, -0.2) is 5.43 Å². The number of amides is 1. The fourth-order valence-electron chi connectivity index (χ4n) is 2.51. The van der Waals surface area contributed by atoms with Crippen LogP contribution in [0.5, 0.6) is 0 Å². The molecular weight excluding hydrogens is 262 g/mol. The third-order valence-corrected chi connectivity index (χ3v) is 3.51. The van der Waals surface area contributed by atoms with Gasteiger partial charge in [0.25, 0.3) is 0 Å². The van der Waals surface area contributed by atoms with Crippen molar-refractivity contribution in [3.8, 4) is 5.69 Å². The van der Waals surface area contributed by atoms with E-state index in [0.29, 0.717) is 0 Å². The molecule has 0 aliphatic carbocycles. The van der Waals surface area contributed by atoms with Crippen LogP contribution in [0.25, 0.3) is 5.69 Å². The number of rotatable bonds is 4. The van der Waals surface area contributed by atoms with Crippen LogP contribution in [0.15, 0.2) is 35.4 Å². The molecule has 0 aliphatic heterocycles. The largest absolute Gasteiger partial charge is 0.318 e. The van der Waals surface area contributed by atoms with Gasteiger partial charge >= 0.3 is 0 Å². The Bertz CT molecular complexity index is 683. The lowest BCUT2D eigenvalue weighted by atomic mass is 10.1. The van der Waals surface area contributed by atoms with Crippen molar-refractivity contribution in [2.45, 2.75) is 34.1 Å². The minimum Gasteiger partial charge on any atom is -0.318 e. The lowest BCUT2D eigenvalue weighted by molar-refractivity contribution is -0.118. The van der Waals surface area contributed by atoms with Crippen molar-refractivity contribution in [3.63, 3.8) is 0 Å². The molecule has 0 fully saturated rings. The highest BCUT2D eigenvalue weighted by Gasteiger charge is 2.11. The topological polar surface area (TPSA) is 46.4 Å². The minimum absolute atomic E-state index is 0.170. The van der Waals surface area contributed by atoms with Crippen molar-refractivity contribution in [2.75, 3.05) is 0 Å². The molecule has 0 aliphatic rings. The first-order valence-corrected chi connectivity index (χ1v) is 7.11. The van der Waals surface area contributed by atoms with E-state index in [1.165, 1.54) is 18.2 Å². The first kappa shape index (κ1) is 15.0. The molecule has 2 aromatic rings. The van der Waals surface area contributed by atoms with Crippen molar-refractivity contribution < 1.29 is 4.79 Å². The SMILES string of the molecule is CCc1ccccc1-n1c(C)cc(C=NNC(C)=O)c1C. The van der Waals surface area contributed by atoms with E-state index in [0.717, 1.165) is 23.4 Å². The number of nitrogens with one attached hydrogen (secondary N) is 1. The van der Waals surface area contributed by atoms with Gasteiger partial charge in [0, 0.05) is 29.6 Å². The number of para-hydroxylation sites is 1. The molecular formula is C17H21N3O. The molecule has 2 rings (SSSR count). The second-order valence-electron chi connectivity index (χ2n) is 5.07. The zero-order chi connectivity index (χ0) is 15.4. The molecule has 1 heterocycles. The monoisotopic (exact) mass is 283 g/mol. The van der Waals surface area contributed by atoms with E-state index in [-0.39, 0.29) is 5.91 Å². The molecule has 0 radical (unpaired) electrons. The number of aryl methyl sites for hydroxylation is 2. The van der Waals surface area contributed by atoms with E-state index >= 15 is 0 Å². The number of hydrazone groups is 1. The second kappa shape index (κ2) is 6.39. The minimum atomic E-state index is -0.170. The van der Waals surface area contributed by atoms with Gasteiger partial charge in [0.2, 0.25) is 5.91 Å². The van der Waals surface area contributed by atoms with Crippen molar-refractivity contribution in [1.82, 2.24) is 9.99 Å². The Kier molecular flexibility index (Phi) is 4.58. The lowest BCUT2D eigenvalue weighted by Crippen LogP contribution is -2.12. The van der Waals surface area contributed by atoms with E-state index in [4.69, 9.17) is 0 Å². The average molecular weight is 283 g/mol. The number of benzene rings is 1. The summed E-state index contributed by atoms with van der Waals surface area (Å²) in [7, 11) is 0. The quantitative estimate of drug-likeness (QED) is 0.680. The summed E-state index contributed by atoms with van der Waals surface area (Å²) in [6, 6.07) is 10.5. The number of hydrogen-bond acceptors (Lipinski definition) is 2. The van der Waals surface area contributed by atoms with Gasteiger partial charge in [-0.1, -0.05) is 25.1 Å². The number of hydrogen-bond donors (Lipinski definition) is 1. The van der Waals surface area contributed by atoms with Crippen LogP contribution >= 0.6 is 0 Å². The van der Waals surface area contributed by atoms with E-state index < -0.39 is 0 Å². The van der Waals surface area contributed by atoms with Gasteiger partial charge in [-0.15, -0.1) is 0 Å². The predicted molar refractivity (Wildman–Crippen MR) is 86.0 cm³/mol. The van der Waals surface area contributed by atoms with E-state index in [2.05, 4.69) is 66.2 Å². The van der Waals surface area contributed by atoms with Crippen LogP contribution in [0.2, 0.25) is 0 Å². The first-order chi connectivity index (χ1) is 10.0. The fourth-order valence-corrected chi connectivity index (χ4v) is 2.51. The Morgan fingerprint density at radius 3 is 2.71 bits per heavy atom. The average Bonchev–Trinajstić information content (AvgIpc) is 2.73. The van der Waals surface area contributed by atoms with Crippen LogP contribution in [0.4, 0.5) is 0 Å². The summed E-state index contributed by atoms with van der Waals surface area (Å²) in [4.78, 5) is 10.9. The van der Waals surface area contributed by atoms with Gasteiger partial charge in [0.1, 0.15) is 0 Å². The summed E-state index contributed by atoms with van der Waals surface area (Å²) in [5.41, 5.74) is 8.22. The lowest BCUT2D eigenvalue weighted by Gasteiger charge is -2.13. The standard InChI is InChI=1S/C17H21N3O/c1-5-15-8-6-7-9-17(15)20-12(2)10-16(13(20)3)11-18-19-14(4)21/h6-11H,5H2,1-4H3,(H,19,21). The van der Waals surface area contributed by atoms with Crippen LogP contribution in [-0.4, -0.2) is 16.7 Å². The van der Waals surface area contributed by atoms with Gasteiger partial charge in [-0.3, -0.25) is 4.79 Å². The normalized spacial score (nSPS) is 11.0. The molecule has 4 heteroatoms. The smallest absolute Gasteiger partial charge is 0.236 e. The number of carbonyl (C=O) groups is 1. The fraction of sp³-hybridized carbons (Fsp3) is 0.294. The molecule has 0 saturated carbocycles. The van der Waals surface area contributed by atoms with E-state index in [1.807, 2.05) is 0 Å². The Labute approximate surface area is 125 Å². The molecule has 0 spiro atoms. The van der Waals surface area contributed by atoms with E-state index in [9.17, 15) is 4.79 Å². The summed E-state index contributed by atoms with van der Waals surface area (Å²) in [6.07, 6.45) is 2.68. The van der Waals surface area contributed by atoms with Crippen LogP contribution in [-0.2, 0) is 11.2 Å². The Morgan fingerprint density at radius 2 is 2.05 bits per heavy atom. The maximum Gasteiger partial charge on any atom is 0.236 e. The molecule has 1 aromatic heterocycles. The molecule has 21 heavy (non-hydrogen) atoms.